The van der Waals surface area contributed by atoms with Gasteiger partial charge in [0.1, 0.15) is 11.8 Å². The number of sulfonamides is 1. The first-order valence-corrected chi connectivity index (χ1v) is 11.7. The lowest BCUT2D eigenvalue weighted by atomic mass is 10.0. The number of nitrogens with zero attached hydrogens (tertiary/aromatic N) is 3. The first-order valence-electron chi connectivity index (χ1n) is 10.3. The molecule has 31 heavy (non-hydrogen) atoms. The van der Waals surface area contributed by atoms with Gasteiger partial charge < -0.3 is 9.64 Å². The number of piperazine rings is 1. The van der Waals surface area contributed by atoms with Crippen molar-refractivity contribution >= 4 is 15.9 Å². The van der Waals surface area contributed by atoms with E-state index in [1.165, 1.54) is 16.4 Å². The molecule has 164 valence electrons. The highest BCUT2D eigenvalue weighted by atomic mass is 32.2. The smallest absolute Gasteiger partial charge is 0.263 e. The quantitative estimate of drug-likeness (QED) is 0.687. The van der Waals surface area contributed by atoms with Crippen LogP contribution in [0.15, 0.2) is 53.4 Å². The number of amides is 1. The predicted molar refractivity (Wildman–Crippen MR) is 117 cm³/mol. The number of carbonyl (C=O) groups excluding carboxylic acids is 1. The number of hydrogen-bond donors (Lipinski definition) is 0. The van der Waals surface area contributed by atoms with Crippen LogP contribution in [0, 0.1) is 11.3 Å². The van der Waals surface area contributed by atoms with Gasteiger partial charge in [0.05, 0.1) is 10.5 Å². The Kier molecular flexibility index (Phi) is 6.98. The van der Waals surface area contributed by atoms with Gasteiger partial charge in [0, 0.05) is 26.2 Å². The first-order chi connectivity index (χ1) is 14.7. The molecule has 1 fully saturated rings. The van der Waals surface area contributed by atoms with E-state index in [0.29, 0.717) is 11.7 Å². The van der Waals surface area contributed by atoms with Crippen molar-refractivity contribution in [1.29, 1.82) is 5.26 Å². The summed E-state index contributed by atoms with van der Waals surface area (Å²) in [4.78, 5) is 14.5. The molecule has 3 rings (SSSR count). The Bertz CT molecular complexity index is 1080. The van der Waals surface area contributed by atoms with Gasteiger partial charge in [-0.1, -0.05) is 38.1 Å². The van der Waals surface area contributed by atoms with Gasteiger partial charge in [-0.05, 0) is 42.7 Å². The topological polar surface area (TPSA) is 90.7 Å². The third-order valence-corrected chi connectivity index (χ3v) is 7.32. The molecule has 0 radical (unpaired) electrons. The van der Waals surface area contributed by atoms with E-state index < -0.39 is 16.1 Å². The summed E-state index contributed by atoms with van der Waals surface area (Å²) in [7, 11) is -3.79. The first kappa shape index (κ1) is 22.8. The van der Waals surface area contributed by atoms with Crippen LogP contribution in [-0.2, 0) is 14.8 Å². The summed E-state index contributed by atoms with van der Waals surface area (Å²) in [5.74, 6) is 0.821. The lowest BCUT2D eigenvalue weighted by Crippen LogP contribution is -2.53. The van der Waals surface area contributed by atoms with Crippen LogP contribution in [0.2, 0.25) is 0 Å². The molecule has 1 atom stereocenters. The van der Waals surface area contributed by atoms with Crippen molar-refractivity contribution in [2.75, 3.05) is 26.2 Å². The largest absolute Gasteiger partial charge is 0.481 e. The number of ether oxygens (including phenoxy) is 1. The van der Waals surface area contributed by atoms with E-state index in [1.807, 2.05) is 30.3 Å². The van der Waals surface area contributed by atoms with Crippen LogP contribution in [-0.4, -0.2) is 55.8 Å². The molecule has 1 unspecified atom stereocenters. The van der Waals surface area contributed by atoms with E-state index in [4.69, 9.17) is 4.74 Å². The Morgan fingerprint density at radius 3 is 2.35 bits per heavy atom. The van der Waals surface area contributed by atoms with E-state index in [2.05, 4.69) is 13.8 Å². The zero-order valence-electron chi connectivity index (χ0n) is 18.0. The van der Waals surface area contributed by atoms with Crippen molar-refractivity contribution in [2.24, 2.45) is 0 Å². The Hall–Kier alpha value is -2.89. The average Bonchev–Trinajstić information content (AvgIpc) is 2.78. The number of benzene rings is 2. The van der Waals surface area contributed by atoms with Crippen LogP contribution in [0.25, 0.3) is 0 Å². The van der Waals surface area contributed by atoms with Gasteiger partial charge in [-0.2, -0.15) is 9.57 Å². The third kappa shape index (κ3) is 5.06. The molecular formula is C23H27N3O4S. The molecule has 0 aromatic heterocycles. The number of hydrogen-bond acceptors (Lipinski definition) is 5. The third-order valence-electron chi connectivity index (χ3n) is 5.36. The van der Waals surface area contributed by atoms with Crippen LogP contribution in [0.4, 0.5) is 0 Å². The minimum atomic E-state index is -3.79. The normalized spacial score (nSPS) is 16.0. The van der Waals surface area contributed by atoms with Gasteiger partial charge in [-0.25, -0.2) is 8.42 Å². The van der Waals surface area contributed by atoms with Crippen LogP contribution in [0.5, 0.6) is 5.75 Å². The van der Waals surface area contributed by atoms with Gasteiger partial charge in [0.25, 0.3) is 5.91 Å². The Balaban J connectivity index is 1.63. The maximum Gasteiger partial charge on any atom is 0.263 e. The predicted octanol–water partition coefficient (Wildman–Crippen LogP) is 2.98. The minimum Gasteiger partial charge on any atom is -0.481 e. The molecule has 0 aliphatic carbocycles. The maximum absolute atomic E-state index is 13.0. The van der Waals surface area contributed by atoms with Crippen LogP contribution in [0.1, 0.15) is 37.8 Å². The molecule has 1 heterocycles. The summed E-state index contributed by atoms with van der Waals surface area (Å²) in [6.07, 6.45) is -0.676. The Labute approximate surface area is 183 Å². The summed E-state index contributed by atoms with van der Waals surface area (Å²) < 4.78 is 33.1. The van der Waals surface area contributed by atoms with E-state index in [1.54, 1.807) is 24.0 Å². The van der Waals surface area contributed by atoms with E-state index >= 15 is 0 Å². The number of nitriles is 1. The second-order valence-electron chi connectivity index (χ2n) is 7.82. The standard InChI is InChI=1S/C23H27N3O4S/c1-17(2)19-8-6-9-21(15-19)30-18(3)23(27)25-11-13-26(14-12-25)31(28,29)22-10-5-4-7-20(22)16-24/h4-10,15,17-18H,11-14H2,1-3H3. The van der Waals surface area contributed by atoms with Crippen molar-refractivity contribution < 1.29 is 17.9 Å². The van der Waals surface area contributed by atoms with Crippen molar-refractivity contribution in [3.05, 3.63) is 59.7 Å². The van der Waals surface area contributed by atoms with Gasteiger partial charge in [-0.15, -0.1) is 0 Å². The molecule has 1 saturated heterocycles. The fraction of sp³-hybridized carbons (Fsp3) is 0.391. The van der Waals surface area contributed by atoms with Crippen LogP contribution in [0.3, 0.4) is 0 Å². The number of rotatable bonds is 6. The van der Waals surface area contributed by atoms with Crippen molar-refractivity contribution in [2.45, 2.75) is 37.7 Å². The zero-order valence-corrected chi connectivity index (χ0v) is 18.8. The molecule has 0 N–H and O–H groups in total. The molecule has 1 amide bonds. The molecule has 2 aromatic carbocycles. The van der Waals surface area contributed by atoms with Gasteiger partial charge in [-0.3, -0.25) is 4.79 Å². The highest BCUT2D eigenvalue weighted by molar-refractivity contribution is 7.89. The fourth-order valence-electron chi connectivity index (χ4n) is 3.53. The van der Waals surface area contributed by atoms with Crippen LogP contribution < -0.4 is 4.74 Å². The summed E-state index contributed by atoms with van der Waals surface area (Å²) in [6.45, 7) is 6.77. The van der Waals surface area contributed by atoms with E-state index in [9.17, 15) is 18.5 Å². The molecule has 8 heteroatoms. The van der Waals surface area contributed by atoms with E-state index in [0.717, 1.165) is 5.56 Å². The van der Waals surface area contributed by atoms with Crippen molar-refractivity contribution in [1.82, 2.24) is 9.21 Å². The molecule has 0 saturated carbocycles. The summed E-state index contributed by atoms with van der Waals surface area (Å²) in [6, 6.07) is 15.8. The average molecular weight is 442 g/mol. The molecule has 2 aromatic rings. The fourth-order valence-corrected chi connectivity index (χ4v) is 5.09. The highest BCUT2D eigenvalue weighted by Crippen LogP contribution is 2.23. The number of carbonyl (C=O) groups is 1. The van der Waals surface area contributed by atoms with Crippen LogP contribution >= 0.6 is 0 Å². The van der Waals surface area contributed by atoms with E-state index in [-0.39, 0.29) is 42.5 Å². The second-order valence-corrected chi connectivity index (χ2v) is 9.73. The second kappa shape index (κ2) is 9.50. The lowest BCUT2D eigenvalue weighted by molar-refractivity contribution is -0.139. The molecule has 7 nitrogen and oxygen atoms in total. The monoisotopic (exact) mass is 441 g/mol. The minimum absolute atomic E-state index is 0.000915. The van der Waals surface area contributed by atoms with Crippen molar-refractivity contribution in [3.8, 4) is 11.8 Å². The SMILES string of the molecule is CC(Oc1cccc(C(C)C)c1)C(=O)N1CCN(S(=O)(=O)c2ccccc2C#N)CC1. The summed E-state index contributed by atoms with van der Waals surface area (Å²) in [5, 5.41) is 9.22. The lowest BCUT2D eigenvalue weighted by Gasteiger charge is -2.35. The van der Waals surface area contributed by atoms with Gasteiger partial charge in [0.2, 0.25) is 10.0 Å². The molecule has 1 aliphatic heterocycles. The van der Waals surface area contributed by atoms with Gasteiger partial charge in [0.15, 0.2) is 6.10 Å². The molecular weight excluding hydrogens is 414 g/mol. The summed E-state index contributed by atoms with van der Waals surface area (Å²) in [5.41, 5.74) is 1.25. The molecule has 0 bridgehead atoms. The highest BCUT2D eigenvalue weighted by Gasteiger charge is 2.33. The zero-order chi connectivity index (χ0) is 22.6. The molecule has 0 spiro atoms. The maximum atomic E-state index is 13.0. The Morgan fingerprint density at radius 2 is 1.71 bits per heavy atom. The molecule has 1 aliphatic rings. The Morgan fingerprint density at radius 1 is 1.03 bits per heavy atom. The summed E-state index contributed by atoms with van der Waals surface area (Å²) >= 11 is 0. The van der Waals surface area contributed by atoms with Gasteiger partial charge >= 0.3 is 0 Å². The van der Waals surface area contributed by atoms with Crippen molar-refractivity contribution in [3.63, 3.8) is 0 Å².